The fourth-order valence-electron chi connectivity index (χ4n) is 7.40. The van der Waals surface area contributed by atoms with Crippen molar-refractivity contribution in [3.05, 3.63) is 104 Å². The lowest BCUT2D eigenvalue weighted by Gasteiger charge is -2.30. The molecule has 256 valence electrons. The van der Waals surface area contributed by atoms with E-state index in [1.54, 1.807) is 6.07 Å². The molecule has 0 atom stereocenters. The molecule has 1 amide bonds. The van der Waals surface area contributed by atoms with Crippen molar-refractivity contribution >= 4 is 34.7 Å². The number of ether oxygens (including phenoxy) is 1. The molecule has 1 aromatic heterocycles. The molecule has 2 heterocycles. The molecule has 0 spiro atoms. The quantitative estimate of drug-likeness (QED) is 0.155. The van der Waals surface area contributed by atoms with Gasteiger partial charge in [0.05, 0.1) is 23.6 Å². The highest BCUT2D eigenvalue weighted by Crippen LogP contribution is 2.42. The summed E-state index contributed by atoms with van der Waals surface area (Å²) in [6.45, 7) is 10.5. The normalized spacial score (nSPS) is 14.3. The van der Waals surface area contributed by atoms with Gasteiger partial charge < -0.3 is 20.1 Å². The number of aromatic nitrogens is 2. The molecule has 1 aliphatic carbocycles. The molecule has 0 unspecified atom stereocenters. The van der Waals surface area contributed by atoms with Crippen molar-refractivity contribution in [3.63, 3.8) is 0 Å². The Morgan fingerprint density at radius 3 is 2.37 bits per heavy atom. The fraction of sp³-hybridized carbons (Fsp3) is 0.375. The maximum Gasteiger partial charge on any atom is 0.337 e. The smallest absolute Gasteiger partial charge is 0.337 e. The summed E-state index contributed by atoms with van der Waals surface area (Å²) in [5.74, 6) is -0.307. The number of carboxylic acids is 1. The lowest BCUT2D eigenvalue weighted by atomic mass is 9.93. The van der Waals surface area contributed by atoms with Gasteiger partial charge in [0.1, 0.15) is 5.75 Å². The molecule has 4 aromatic rings. The zero-order chi connectivity index (χ0) is 34.8. The van der Waals surface area contributed by atoms with E-state index in [4.69, 9.17) is 16.3 Å². The van der Waals surface area contributed by atoms with E-state index in [1.165, 1.54) is 6.42 Å². The number of nitrogens with one attached hydrogen (secondary N) is 1. The number of halogens is 1. The first-order valence-electron chi connectivity index (χ1n) is 17.2. The van der Waals surface area contributed by atoms with Crippen molar-refractivity contribution in [2.75, 3.05) is 24.6 Å². The predicted octanol–water partition coefficient (Wildman–Crippen LogP) is 8.15. The van der Waals surface area contributed by atoms with Crippen LogP contribution in [0.2, 0.25) is 5.02 Å². The van der Waals surface area contributed by atoms with E-state index in [1.807, 2.05) is 56.8 Å². The predicted molar refractivity (Wildman–Crippen MR) is 196 cm³/mol. The summed E-state index contributed by atoms with van der Waals surface area (Å²) in [7, 11) is 1.95. The van der Waals surface area contributed by atoms with Crippen molar-refractivity contribution < 1.29 is 19.4 Å². The molecule has 6 rings (SSSR count). The van der Waals surface area contributed by atoms with Crippen molar-refractivity contribution in [2.24, 2.45) is 7.05 Å². The van der Waals surface area contributed by atoms with E-state index in [2.05, 4.69) is 40.4 Å². The van der Waals surface area contributed by atoms with Gasteiger partial charge in [-0.3, -0.25) is 9.48 Å². The van der Waals surface area contributed by atoms with Crippen molar-refractivity contribution in [1.29, 1.82) is 0 Å². The van der Waals surface area contributed by atoms with Crippen LogP contribution in [-0.4, -0.2) is 46.5 Å². The Bertz CT molecular complexity index is 1930. The van der Waals surface area contributed by atoms with E-state index >= 15 is 0 Å². The first kappa shape index (κ1) is 34.3. The number of aryl methyl sites for hydroxylation is 4. The second-order valence-electron chi connectivity index (χ2n) is 13.3. The van der Waals surface area contributed by atoms with E-state index < -0.39 is 5.97 Å². The summed E-state index contributed by atoms with van der Waals surface area (Å²) in [5.41, 5.74) is 12.0. The Kier molecular flexibility index (Phi) is 10.2. The van der Waals surface area contributed by atoms with Gasteiger partial charge in [-0.2, -0.15) is 5.10 Å². The van der Waals surface area contributed by atoms with Crippen LogP contribution in [0.15, 0.2) is 54.1 Å². The summed E-state index contributed by atoms with van der Waals surface area (Å²) in [6, 6.07) is 15.7. The van der Waals surface area contributed by atoms with Gasteiger partial charge >= 0.3 is 5.97 Å². The van der Waals surface area contributed by atoms with Crippen LogP contribution in [0.25, 0.3) is 16.7 Å². The van der Waals surface area contributed by atoms with Gasteiger partial charge in [-0.15, -0.1) is 0 Å². The number of carbonyl (C=O) groups is 2. The largest absolute Gasteiger partial charge is 0.494 e. The number of benzene rings is 3. The van der Waals surface area contributed by atoms with Gasteiger partial charge in [0.25, 0.3) is 0 Å². The number of fused-ring (bicyclic) bond motifs is 1. The zero-order valence-electron chi connectivity index (χ0n) is 29.1. The standard InChI is InChI=1S/C40H45ClN4O4/c1-24-19-29(20-25(2)38(24)41)49-18-10-13-31-30-11-9-12-32(37-26(3)43-44(5)27(37)4)33(30)22-34(31)39(46)42-23-28-14-15-36(35(21-28)40(47)48)45-16-7-6-8-17-45/h9,11-12,14-15,19-21H,6-8,10,13,16-18,22-23H2,1-5H3,(H,42,46)(H,47,48). The van der Waals surface area contributed by atoms with Crippen LogP contribution in [-0.2, 0) is 24.8 Å². The topological polar surface area (TPSA) is 96.7 Å². The first-order chi connectivity index (χ1) is 23.5. The number of carbonyl (C=O) groups excluding carboxylic acids is 1. The highest BCUT2D eigenvalue weighted by molar-refractivity contribution is 6.32. The fourth-order valence-corrected chi connectivity index (χ4v) is 7.51. The SMILES string of the molecule is Cc1cc(OCCCC2=C(C(=O)NCc3ccc(N4CCCCC4)c(C(=O)O)c3)Cc3c2cccc3-c2c(C)nn(C)c2C)cc(C)c1Cl. The van der Waals surface area contributed by atoms with Crippen molar-refractivity contribution in [2.45, 2.75) is 72.8 Å². The number of aromatic carboxylic acids is 1. The van der Waals surface area contributed by atoms with Crippen LogP contribution in [0.5, 0.6) is 5.75 Å². The van der Waals surface area contributed by atoms with E-state index in [0.717, 1.165) is 110 Å². The van der Waals surface area contributed by atoms with Gasteiger partial charge in [0.2, 0.25) is 5.91 Å². The number of rotatable bonds is 11. The second-order valence-corrected chi connectivity index (χ2v) is 13.7. The molecule has 0 bridgehead atoms. The highest BCUT2D eigenvalue weighted by Gasteiger charge is 2.29. The van der Waals surface area contributed by atoms with Crippen LogP contribution in [0.1, 0.15) is 81.7 Å². The van der Waals surface area contributed by atoms with Gasteiger partial charge in [0, 0.05) is 55.0 Å². The molecule has 1 fully saturated rings. The Balaban J connectivity index is 1.25. The average Bonchev–Trinajstić information content (AvgIpc) is 3.59. The molecule has 1 saturated heterocycles. The third kappa shape index (κ3) is 7.11. The number of nitrogens with zero attached hydrogens (tertiary/aromatic N) is 3. The minimum absolute atomic E-state index is 0.140. The summed E-state index contributed by atoms with van der Waals surface area (Å²) in [4.78, 5) is 28.4. The third-order valence-corrected chi connectivity index (χ3v) is 10.6. The van der Waals surface area contributed by atoms with E-state index in [-0.39, 0.29) is 18.0 Å². The molecule has 9 heteroatoms. The highest BCUT2D eigenvalue weighted by atomic mass is 35.5. The number of anilines is 1. The molecule has 49 heavy (non-hydrogen) atoms. The van der Waals surface area contributed by atoms with Crippen LogP contribution >= 0.6 is 11.6 Å². The molecule has 2 N–H and O–H groups in total. The summed E-state index contributed by atoms with van der Waals surface area (Å²) < 4.78 is 8.04. The number of piperidine rings is 1. The monoisotopic (exact) mass is 680 g/mol. The Morgan fingerprint density at radius 2 is 1.69 bits per heavy atom. The van der Waals surface area contributed by atoms with Crippen LogP contribution in [0, 0.1) is 27.7 Å². The van der Waals surface area contributed by atoms with Crippen LogP contribution in [0.4, 0.5) is 5.69 Å². The first-order valence-corrected chi connectivity index (χ1v) is 17.5. The molecular weight excluding hydrogens is 636 g/mol. The summed E-state index contributed by atoms with van der Waals surface area (Å²) in [5, 5.41) is 18.6. The number of carboxylic acid groups (broad SMARTS) is 1. The van der Waals surface area contributed by atoms with E-state index in [9.17, 15) is 14.7 Å². The number of hydrogen-bond donors (Lipinski definition) is 2. The van der Waals surface area contributed by atoms with Gasteiger partial charge in [-0.25, -0.2) is 4.79 Å². The van der Waals surface area contributed by atoms with Gasteiger partial charge in [-0.05, 0) is 123 Å². The number of hydrogen-bond acceptors (Lipinski definition) is 5. The maximum absolute atomic E-state index is 14.0. The minimum atomic E-state index is -0.954. The zero-order valence-corrected chi connectivity index (χ0v) is 29.8. The summed E-state index contributed by atoms with van der Waals surface area (Å²) >= 11 is 6.36. The van der Waals surface area contributed by atoms with Crippen LogP contribution < -0.4 is 15.0 Å². The molecule has 0 saturated carbocycles. The lowest BCUT2D eigenvalue weighted by Crippen LogP contribution is -2.31. The maximum atomic E-state index is 14.0. The van der Waals surface area contributed by atoms with Crippen molar-refractivity contribution in [3.8, 4) is 16.9 Å². The Hall–Kier alpha value is -4.56. The minimum Gasteiger partial charge on any atom is -0.494 e. The van der Waals surface area contributed by atoms with Crippen LogP contribution in [0.3, 0.4) is 0 Å². The molecule has 0 radical (unpaired) electrons. The van der Waals surface area contributed by atoms with Gasteiger partial charge in [-0.1, -0.05) is 35.9 Å². The third-order valence-electron chi connectivity index (χ3n) is 9.96. The van der Waals surface area contributed by atoms with Crippen molar-refractivity contribution in [1.82, 2.24) is 15.1 Å². The number of allylic oxidation sites excluding steroid dienone is 1. The Morgan fingerprint density at radius 1 is 0.980 bits per heavy atom. The second kappa shape index (κ2) is 14.5. The van der Waals surface area contributed by atoms with Gasteiger partial charge in [0.15, 0.2) is 0 Å². The molecule has 8 nitrogen and oxygen atoms in total. The Labute approximate surface area is 293 Å². The molecular formula is C40H45ClN4O4. The lowest BCUT2D eigenvalue weighted by molar-refractivity contribution is -0.117. The van der Waals surface area contributed by atoms with E-state index in [0.29, 0.717) is 19.4 Å². The molecule has 1 aliphatic heterocycles. The molecule has 2 aliphatic rings. The summed E-state index contributed by atoms with van der Waals surface area (Å²) in [6.07, 6.45) is 5.19. The number of amides is 1. The molecule has 3 aromatic carbocycles. The average molecular weight is 681 g/mol.